The Morgan fingerprint density at radius 1 is 1.09 bits per heavy atom. The molecule has 2 aliphatic heterocycles. The van der Waals surface area contributed by atoms with E-state index in [0.29, 0.717) is 18.5 Å². The molecule has 5 rings (SSSR count). The molecule has 1 atom stereocenters. The number of carbonyl (C=O) groups excluding carboxylic acids is 3. The summed E-state index contributed by atoms with van der Waals surface area (Å²) in [5.41, 5.74) is 6.52. The number of fused-ring (bicyclic) bond motifs is 1. The van der Waals surface area contributed by atoms with Gasteiger partial charge in [-0.05, 0) is 41.9 Å². The summed E-state index contributed by atoms with van der Waals surface area (Å²) in [4.78, 5) is 43.0. The fraction of sp³-hybridized carbons (Fsp3) is 0.280. The fourth-order valence-electron chi connectivity index (χ4n) is 4.66. The normalized spacial score (nSPS) is 17.9. The van der Waals surface area contributed by atoms with Crippen LogP contribution in [-0.2, 0) is 29.6 Å². The van der Waals surface area contributed by atoms with Gasteiger partial charge in [0.25, 0.3) is 5.91 Å². The van der Waals surface area contributed by atoms with E-state index in [1.54, 1.807) is 11.2 Å². The monoisotopic (exact) mass is 460 g/mol. The highest BCUT2D eigenvalue weighted by atomic mass is 32.1. The van der Waals surface area contributed by atoms with Crippen LogP contribution in [-0.4, -0.2) is 44.0 Å². The van der Waals surface area contributed by atoms with Gasteiger partial charge in [-0.15, -0.1) is 0 Å². The molecule has 0 bridgehead atoms. The molecule has 1 unspecified atom stereocenters. The lowest BCUT2D eigenvalue weighted by Crippen LogP contribution is -2.52. The lowest BCUT2D eigenvalue weighted by molar-refractivity contribution is -0.136. The molecule has 0 saturated carbocycles. The molecule has 7 nitrogen and oxygen atoms in total. The number of piperidine rings is 1. The molecule has 168 valence electrons. The number of thiol groups is 1. The van der Waals surface area contributed by atoms with Gasteiger partial charge >= 0.3 is 0 Å². The van der Waals surface area contributed by atoms with E-state index >= 15 is 0 Å². The average molecular weight is 461 g/mol. The summed E-state index contributed by atoms with van der Waals surface area (Å²) in [6.07, 6.45) is 3.31. The Kier molecular flexibility index (Phi) is 5.54. The highest BCUT2D eigenvalue weighted by Crippen LogP contribution is 2.35. The predicted molar refractivity (Wildman–Crippen MR) is 128 cm³/mol. The number of nitrogens with zero attached hydrogens (tertiary/aromatic N) is 3. The van der Waals surface area contributed by atoms with Gasteiger partial charge in [0.1, 0.15) is 6.04 Å². The second-order valence-corrected chi connectivity index (χ2v) is 8.94. The number of carbonyl (C=O) groups is 3. The van der Waals surface area contributed by atoms with Gasteiger partial charge < -0.3 is 9.47 Å². The molecule has 0 spiro atoms. The molecule has 3 heterocycles. The summed E-state index contributed by atoms with van der Waals surface area (Å²) < 4.78 is 2.00. The third-order valence-corrected chi connectivity index (χ3v) is 6.59. The molecule has 1 saturated heterocycles. The summed E-state index contributed by atoms with van der Waals surface area (Å²) in [5, 5.41) is 2.34. The van der Waals surface area contributed by atoms with Gasteiger partial charge in [0.05, 0.1) is 17.7 Å². The third kappa shape index (κ3) is 3.84. The van der Waals surface area contributed by atoms with Gasteiger partial charge in [-0.3, -0.25) is 19.7 Å². The molecule has 3 aromatic rings. The SMILES string of the molecule is Cn1cnc(-c2ccc3c(c2)CN(C2CCC(=O)NC2=O)C3=O)c1-c1ccc(CCS)cc1. The molecule has 2 aliphatic rings. The summed E-state index contributed by atoms with van der Waals surface area (Å²) >= 11 is 4.31. The van der Waals surface area contributed by atoms with Gasteiger partial charge in [0.2, 0.25) is 11.8 Å². The Balaban J connectivity index is 1.46. The van der Waals surface area contributed by atoms with E-state index in [-0.39, 0.29) is 18.2 Å². The van der Waals surface area contributed by atoms with Gasteiger partial charge in [0, 0.05) is 36.7 Å². The zero-order chi connectivity index (χ0) is 23.1. The van der Waals surface area contributed by atoms with Crippen molar-refractivity contribution in [3.63, 3.8) is 0 Å². The van der Waals surface area contributed by atoms with Crippen LogP contribution in [0.3, 0.4) is 0 Å². The van der Waals surface area contributed by atoms with Crippen molar-refractivity contribution in [3.05, 3.63) is 65.5 Å². The van der Waals surface area contributed by atoms with Crippen molar-refractivity contribution < 1.29 is 14.4 Å². The first-order valence-corrected chi connectivity index (χ1v) is 11.6. The Bertz CT molecular complexity index is 1270. The Morgan fingerprint density at radius 2 is 1.85 bits per heavy atom. The number of aryl methyl sites for hydroxylation is 2. The number of hydrogen-bond acceptors (Lipinski definition) is 5. The maximum Gasteiger partial charge on any atom is 0.255 e. The lowest BCUT2D eigenvalue weighted by atomic mass is 10.00. The molecular formula is C25H24N4O3S. The number of amides is 3. The topological polar surface area (TPSA) is 84.3 Å². The van der Waals surface area contributed by atoms with Crippen LogP contribution in [0.4, 0.5) is 0 Å². The van der Waals surface area contributed by atoms with Crippen LogP contribution >= 0.6 is 12.6 Å². The first-order chi connectivity index (χ1) is 16.0. The summed E-state index contributed by atoms with van der Waals surface area (Å²) in [6, 6.07) is 13.5. The maximum absolute atomic E-state index is 13.0. The van der Waals surface area contributed by atoms with E-state index in [1.165, 1.54) is 5.56 Å². The minimum Gasteiger partial charge on any atom is -0.333 e. The summed E-state index contributed by atoms with van der Waals surface area (Å²) in [5.74, 6) is -0.0582. The second-order valence-electron chi connectivity index (χ2n) is 8.50. The Labute approximate surface area is 197 Å². The molecule has 1 N–H and O–H groups in total. The number of rotatable bonds is 5. The number of imide groups is 1. The van der Waals surface area contributed by atoms with Crippen LogP contribution in [0.5, 0.6) is 0 Å². The third-order valence-electron chi connectivity index (χ3n) is 6.36. The molecule has 33 heavy (non-hydrogen) atoms. The Morgan fingerprint density at radius 3 is 2.58 bits per heavy atom. The van der Waals surface area contributed by atoms with Crippen LogP contribution in [0.25, 0.3) is 22.5 Å². The first-order valence-electron chi connectivity index (χ1n) is 11.0. The number of benzene rings is 2. The molecule has 0 radical (unpaired) electrons. The van der Waals surface area contributed by atoms with E-state index in [2.05, 4.69) is 47.2 Å². The van der Waals surface area contributed by atoms with Crippen molar-refractivity contribution >= 4 is 30.4 Å². The molecule has 0 aliphatic carbocycles. The minimum atomic E-state index is -0.618. The quantitative estimate of drug-likeness (QED) is 0.453. The number of hydrogen-bond donors (Lipinski definition) is 2. The average Bonchev–Trinajstić information content (AvgIpc) is 3.34. The zero-order valence-corrected chi connectivity index (χ0v) is 19.1. The highest BCUT2D eigenvalue weighted by Gasteiger charge is 2.39. The summed E-state index contributed by atoms with van der Waals surface area (Å²) in [7, 11) is 1.97. The van der Waals surface area contributed by atoms with E-state index in [0.717, 1.165) is 40.3 Å². The van der Waals surface area contributed by atoms with E-state index < -0.39 is 11.9 Å². The number of aromatic nitrogens is 2. The van der Waals surface area contributed by atoms with Crippen LogP contribution in [0.2, 0.25) is 0 Å². The largest absolute Gasteiger partial charge is 0.333 e. The maximum atomic E-state index is 13.0. The van der Waals surface area contributed by atoms with Crippen molar-refractivity contribution in [2.24, 2.45) is 7.05 Å². The fourth-order valence-corrected chi connectivity index (χ4v) is 4.92. The Hall–Kier alpha value is -3.39. The lowest BCUT2D eigenvalue weighted by Gasteiger charge is -2.29. The van der Waals surface area contributed by atoms with Crippen molar-refractivity contribution in [1.29, 1.82) is 0 Å². The van der Waals surface area contributed by atoms with Crippen molar-refractivity contribution in [2.75, 3.05) is 5.75 Å². The van der Waals surface area contributed by atoms with Crippen LogP contribution < -0.4 is 5.32 Å². The standard InChI is InChI=1S/C25H24N4O3S/c1-28-14-26-22(23(28)16-4-2-15(3-5-16)10-11-33)17-6-7-19-18(12-17)13-29(25(19)32)20-8-9-21(30)27-24(20)31/h2-7,12,14,20,33H,8-11,13H2,1H3,(H,27,30,31). The zero-order valence-electron chi connectivity index (χ0n) is 18.2. The van der Waals surface area contributed by atoms with E-state index in [1.807, 2.05) is 29.8 Å². The summed E-state index contributed by atoms with van der Waals surface area (Å²) in [6.45, 7) is 0.342. The van der Waals surface area contributed by atoms with Gasteiger partial charge in [0.15, 0.2) is 0 Å². The second kappa shape index (κ2) is 8.51. The first kappa shape index (κ1) is 21.5. The van der Waals surface area contributed by atoms with Crippen LogP contribution in [0, 0.1) is 0 Å². The smallest absolute Gasteiger partial charge is 0.255 e. The van der Waals surface area contributed by atoms with Gasteiger partial charge in [-0.25, -0.2) is 4.98 Å². The molecule has 3 amide bonds. The molecule has 8 heteroatoms. The predicted octanol–water partition coefficient (Wildman–Crippen LogP) is 2.99. The number of nitrogens with one attached hydrogen (secondary N) is 1. The molecular weight excluding hydrogens is 436 g/mol. The van der Waals surface area contributed by atoms with Crippen LogP contribution in [0.15, 0.2) is 48.8 Å². The van der Waals surface area contributed by atoms with Crippen molar-refractivity contribution in [2.45, 2.75) is 31.8 Å². The molecule has 1 aromatic heterocycles. The van der Waals surface area contributed by atoms with E-state index in [4.69, 9.17) is 0 Å². The minimum absolute atomic E-state index is 0.174. The van der Waals surface area contributed by atoms with Crippen molar-refractivity contribution in [3.8, 4) is 22.5 Å². The van der Waals surface area contributed by atoms with Gasteiger partial charge in [-0.1, -0.05) is 30.3 Å². The van der Waals surface area contributed by atoms with Gasteiger partial charge in [-0.2, -0.15) is 12.6 Å². The van der Waals surface area contributed by atoms with E-state index in [9.17, 15) is 14.4 Å². The molecule has 2 aromatic carbocycles. The van der Waals surface area contributed by atoms with Crippen LogP contribution in [0.1, 0.15) is 34.3 Å². The highest BCUT2D eigenvalue weighted by molar-refractivity contribution is 7.80. The molecule has 1 fully saturated rings. The van der Waals surface area contributed by atoms with Crippen molar-refractivity contribution in [1.82, 2.24) is 19.8 Å². The number of imidazole rings is 1.